The van der Waals surface area contributed by atoms with E-state index in [1.165, 1.54) is 5.56 Å². The first-order valence-electron chi connectivity index (χ1n) is 16.4. The lowest BCUT2D eigenvalue weighted by Crippen LogP contribution is -2.48. The largest absolute Gasteiger partial charge is 0.508 e. The third-order valence-electron chi connectivity index (χ3n) is 9.72. The first-order chi connectivity index (χ1) is 23.5. The van der Waals surface area contributed by atoms with Crippen LogP contribution >= 0.6 is 0 Å². The fraction of sp³-hybridized carbons (Fsp3) is 0.231. The smallest absolute Gasteiger partial charge is 0.264 e. The minimum absolute atomic E-state index is 0.0730. The van der Waals surface area contributed by atoms with Gasteiger partial charge in [0.05, 0.1) is 11.1 Å². The second-order valence-electron chi connectivity index (χ2n) is 12.5. The Morgan fingerprint density at radius 1 is 0.833 bits per heavy atom. The molecule has 8 rings (SSSR count). The van der Waals surface area contributed by atoms with E-state index in [4.69, 9.17) is 15.2 Å². The molecule has 4 aromatic carbocycles. The second kappa shape index (κ2) is 12.2. The number of anilines is 2. The lowest BCUT2D eigenvalue weighted by molar-refractivity contribution is 0.0648. The van der Waals surface area contributed by atoms with E-state index in [1.54, 1.807) is 35.2 Å². The third-order valence-corrected chi connectivity index (χ3v) is 9.72. The van der Waals surface area contributed by atoms with Gasteiger partial charge in [-0.1, -0.05) is 42.5 Å². The number of nitrogens with two attached hydrogens (primary N) is 1. The number of nitrogens with zero attached hydrogens (tertiary/aromatic N) is 3. The minimum Gasteiger partial charge on any atom is -0.508 e. The van der Waals surface area contributed by atoms with Gasteiger partial charge in [-0.2, -0.15) is 0 Å². The molecule has 0 saturated carbocycles. The van der Waals surface area contributed by atoms with Crippen molar-refractivity contribution >= 4 is 23.2 Å². The number of rotatable bonds is 6. The van der Waals surface area contributed by atoms with Gasteiger partial charge in [-0.25, -0.2) is 0 Å². The summed E-state index contributed by atoms with van der Waals surface area (Å²) in [5.41, 5.74) is 13.4. The first-order valence-corrected chi connectivity index (χ1v) is 16.4. The van der Waals surface area contributed by atoms with Crippen molar-refractivity contribution in [2.24, 2.45) is 5.73 Å². The van der Waals surface area contributed by atoms with Crippen LogP contribution in [0.15, 0.2) is 97.1 Å². The van der Waals surface area contributed by atoms with Crippen LogP contribution in [0.2, 0.25) is 0 Å². The first kappa shape index (κ1) is 29.8. The Labute approximate surface area is 278 Å². The molecular formula is C39H36N4O5. The Morgan fingerprint density at radius 3 is 2.31 bits per heavy atom. The molecule has 242 valence electrons. The van der Waals surface area contributed by atoms with E-state index in [1.807, 2.05) is 59.5 Å². The standard InChI is InChI=1S/C39H36N4O5/c40-22-29-18-25-8-4-5-9-26(25)23-42(29)38(45)32-21-37-36(47-24-48-37)20-31(32)35-19-33(34-12-6-7-17-41(34)35)39(46)43(27-10-2-1-3-11-27)28-13-15-30(44)16-14-28/h1-5,8-11,13-16,19-21,29,44H,6-7,12,17-18,22-24,40H2/t29-/m0/s1. The second-order valence-corrected chi connectivity index (χ2v) is 12.5. The fourth-order valence-corrected chi connectivity index (χ4v) is 7.29. The highest BCUT2D eigenvalue weighted by molar-refractivity contribution is 6.12. The molecule has 0 spiro atoms. The highest BCUT2D eigenvalue weighted by Crippen LogP contribution is 2.43. The number of carbonyl (C=O) groups excluding carboxylic acids is 2. The summed E-state index contributed by atoms with van der Waals surface area (Å²) >= 11 is 0. The third kappa shape index (κ3) is 5.16. The number of hydrogen-bond acceptors (Lipinski definition) is 6. The number of amides is 2. The van der Waals surface area contributed by atoms with Gasteiger partial charge in [0.25, 0.3) is 11.8 Å². The molecule has 0 saturated heterocycles. The Balaban J connectivity index is 1.26. The minimum atomic E-state index is -0.187. The van der Waals surface area contributed by atoms with E-state index in [0.717, 1.165) is 36.2 Å². The van der Waals surface area contributed by atoms with E-state index in [-0.39, 0.29) is 30.4 Å². The molecule has 0 aliphatic carbocycles. The van der Waals surface area contributed by atoms with Gasteiger partial charge in [-0.15, -0.1) is 0 Å². The van der Waals surface area contributed by atoms with Crippen molar-refractivity contribution in [1.82, 2.24) is 9.47 Å². The monoisotopic (exact) mass is 640 g/mol. The van der Waals surface area contributed by atoms with Gasteiger partial charge in [-0.05, 0) is 91.4 Å². The summed E-state index contributed by atoms with van der Waals surface area (Å²) in [5, 5.41) is 10.0. The molecule has 48 heavy (non-hydrogen) atoms. The molecule has 0 bridgehead atoms. The van der Waals surface area contributed by atoms with Crippen molar-refractivity contribution in [1.29, 1.82) is 0 Å². The summed E-state index contributed by atoms with van der Waals surface area (Å²) in [4.78, 5) is 32.9. The molecule has 3 aliphatic heterocycles. The highest BCUT2D eigenvalue weighted by atomic mass is 16.7. The van der Waals surface area contributed by atoms with Gasteiger partial charge in [0.15, 0.2) is 11.5 Å². The van der Waals surface area contributed by atoms with Crippen LogP contribution < -0.4 is 20.1 Å². The maximum atomic E-state index is 14.7. The number of phenols is 1. The summed E-state index contributed by atoms with van der Waals surface area (Å²) in [7, 11) is 0. The van der Waals surface area contributed by atoms with Crippen LogP contribution in [-0.4, -0.2) is 45.8 Å². The van der Waals surface area contributed by atoms with Gasteiger partial charge < -0.3 is 29.8 Å². The van der Waals surface area contributed by atoms with E-state index in [0.29, 0.717) is 65.6 Å². The van der Waals surface area contributed by atoms with Crippen LogP contribution in [0.25, 0.3) is 11.3 Å². The zero-order valence-electron chi connectivity index (χ0n) is 26.5. The van der Waals surface area contributed by atoms with Crippen LogP contribution in [0, 0.1) is 0 Å². The van der Waals surface area contributed by atoms with E-state index in [2.05, 4.69) is 16.7 Å². The Hall–Kier alpha value is -5.54. The molecule has 0 radical (unpaired) electrons. The van der Waals surface area contributed by atoms with Crippen molar-refractivity contribution in [3.8, 4) is 28.5 Å². The van der Waals surface area contributed by atoms with Gasteiger partial charge in [0.2, 0.25) is 6.79 Å². The maximum absolute atomic E-state index is 14.7. The van der Waals surface area contributed by atoms with Gasteiger partial charge in [-0.3, -0.25) is 14.5 Å². The number of hydrogen-bond donors (Lipinski definition) is 2. The topological polar surface area (TPSA) is 110 Å². The van der Waals surface area contributed by atoms with Crippen LogP contribution in [-0.2, 0) is 25.9 Å². The maximum Gasteiger partial charge on any atom is 0.264 e. The lowest BCUT2D eigenvalue weighted by atomic mass is 9.92. The fourth-order valence-electron chi connectivity index (χ4n) is 7.29. The summed E-state index contributed by atoms with van der Waals surface area (Å²) in [5.74, 6) is 0.885. The molecule has 9 nitrogen and oxygen atoms in total. The highest BCUT2D eigenvalue weighted by Gasteiger charge is 2.35. The molecule has 2 amide bonds. The number of fused-ring (bicyclic) bond motifs is 3. The van der Waals surface area contributed by atoms with Gasteiger partial charge in [0, 0.05) is 54.0 Å². The molecule has 3 aliphatic rings. The quantitative estimate of drug-likeness (QED) is 0.221. The molecule has 4 heterocycles. The predicted molar refractivity (Wildman–Crippen MR) is 183 cm³/mol. The summed E-state index contributed by atoms with van der Waals surface area (Å²) in [6.45, 7) is 1.59. The lowest BCUT2D eigenvalue weighted by Gasteiger charge is -2.37. The predicted octanol–water partition coefficient (Wildman–Crippen LogP) is 6.43. The van der Waals surface area contributed by atoms with Crippen molar-refractivity contribution in [2.45, 2.75) is 44.8 Å². The molecule has 9 heteroatoms. The van der Waals surface area contributed by atoms with Crippen LogP contribution in [0.1, 0.15) is 50.4 Å². The zero-order chi connectivity index (χ0) is 32.8. The number of aromatic hydroxyl groups is 1. The molecule has 5 aromatic rings. The number of benzene rings is 4. The molecular weight excluding hydrogens is 604 g/mol. The van der Waals surface area contributed by atoms with Crippen LogP contribution in [0.5, 0.6) is 17.2 Å². The van der Waals surface area contributed by atoms with Crippen LogP contribution in [0.4, 0.5) is 11.4 Å². The Kier molecular flexibility index (Phi) is 7.61. The van der Waals surface area contributed by atoms with E-state index in [9.17, 15) is 14.7 Å². The normalized spacial score (nSPS) is 16.3. The van der Waals surface area contributed by atoms with E-state index < -0.39 is 0 Å². The van der Waals surface area contributed by atoms with Crippen LogP contribution in [0.3, 0.4) is 0 Å². The van der Waals surface area contributed by atoms with Crippen molar-refractivity contribution in [3.63, 3.8) is 0 Å². The summed E-state index contributed by atoms with van der Waals surface area (Å²) in [6, 6.07) is 29.8. The van der Waals surface area contributed by atoms with Crippen molar-refractivity contribution in [2.75, 3.05) is 18.2 Å². The molecule has 0 unspecified atom stereocenters. The number of ether oxygens (including phenoxy) is 2. The molecule has 0 fully saturated rings. The van der Waals surface area contributed by atoms with Crippen molar-refractivity contribution < 1.29 is 24.2 Å². The van der Waals surface area contributed by atoms with Gasteiger partial charge >= 0.3 is 0 Å². The van der Waals surface area contributed by atoms with Crippen molar-refractivity contribution in [3.05, 3.63) is 125 Å². The Morgan fingerprint density at radius 2 is 1.54 bits per heavy atom. The number of phenolic OH excluding ortho intramolecular Hbond substituents is 1. The number of carbonyl (C=O) groups is 2. The Bertz CT molecular complexity index is 2020. The summed E-state index contributed by atoms with van der Waals surface area (Å²) < 4.78 is 13.8. The summed E-state index contributed by atoms with van der Waals surface area (Å²) in [6.07, 6.45) is 3.32. The molecule has 1 aromatic heterocycles. The SMILES string of the molecule is NC[C@@H]1Cc2ccccc2CN1C(=O)c1cc2c(cc1-c1cc(C(=O)N(c3ccccc3)c3ccc(O)cc3)c3n1CCCC3)OCO2. The number of para-hydroxylation sites is 1. The number of aromatic nitrogens is 1. The molecule has 3 N–H and O–H groups in total. The average Bonchev–Trinajstić information content (AvgIpc) is 3.76. The molecule has 1 atom stereocenters. The van der Waals surface area contributed by atoms with Gasteiger partial charge in [0.1, 0.15) is 5.75 Å². The average molecular weight is 641 g/mol. The van der Waals surface area contributed by atoms with E-state index >= 15 is 0 Å². The zero-order valence-corrected chi connectivity index (χ0v) is 26.5.